The van der Waals surface area contributed by atoms with Crippen LogP contribution < -0.4 is 5.32 Å². The Morgan fingerprint density at radius 1 is 1.14 bits per heavy atom. The second-order valence-electron chi connectivity index (χ2n) is 6.18. The van der Waals surface area contributed by atoms with Gasteiger partial charge >= 0.3 is 5.97 Å². The number of hydrogen-bond donors (Lipinski definition) is 2. The molecule has 0 aromatic heterocycles. The van der Waals surface area contributed by atoms with E-state index in [-0.39, 0.29) is 24.2 Å². The maximum Gasteiger partial charge on any atom is 0.307 e. The summed E-state index contributed by atoms with van der Waals surface area (Å²) in [7, 11) is 0. The summed E-state index contributed by atoms with van der Waals surface area (Å²) >= 11 is 0. The van der Waals surface area contributed by atoms with Crippen molar-refractivity contribution in [3.63, 3.8) is 0 Å². The highest BCUT2D eigenvalue weighted by molar-refractivity contribution is 5.85. The third-order valence-electron chi connectivity index (χ3n) is 4.59. The van der Waals surface area contributed by atoms with Gasteiger partial charge in [-0.05, 0) is 31.7 Å². The number of carbonyl (C=O) groups excluding carboxylic acids is 1. The molecule has 5 nitrogen and oxygen atoms in total. The van der Waals surface area contributed by atoms with Crippen LogP contribution in [0.3, 0.4) is 0 Å². The number of nitrogens with one attached hydrogen (secondary N) is 1. The van der Waals surface area contributed by atoms with Crippen molar-refractivity contribution in [1.29, 1.82) is 0 Å². The molecule has 1 unspecified atom stereocenters. The number of aliphatic carboxylic acids is 1. The predicted molar refractivity (Wildman–Crippen MR) is 83.6 cm³/mol. The Kier molecular flexibility index (Phi) is 8.04. The molecular weight excluding hydrogens is 292 g/mol. The molecule has 1 aliphatic heterocycles. The van der Waals surface area contributed by atoms with Gasteiger partial charge < -0.3 is 15.3 Å². The van der Waals surface area contributed by atoms with E-state index in [1.807, 2.05) is 0 Å². The zero-order valence-electron chi connectivity index (χ0n) is 12.6. The van der Waals surface area contributed by atoms with Crippen molar-refractivity contribution in [2.45, 2.75) is 44.9 Å². The lowest BCUT2D eigenvalue weighted by Crippen LogP contribution is -2.33. The molecule has 2 N–H and O–H groups in total. The Morgan fingerprint density at radius 3 is 2.48 bits per heavy atom. The molecule has 1 aliphatic carbocycles. The highest BCUT2D eigenvalue weighted by atomic mass is 35.5. The number of carbonyl (C=O) groups is 2. The quantitative estimate of drug-likeness (QED) is 0.785. The van der Waals surface area contributed by atoms with Gasteiger partial charge in [0.25, 0.3) is 0 Å². The van der Waals surface area contributed by atoms with Crippen LogP contribution in [0.2, 0.25) is 0 Å². The van der Waals surface area contributed by atoms with Crippen LogP contribution >= 0.6 is 12.4 Å². The van der Waals surface area contributed by atoms with E-state index in [1.54, 1.807) is 0 Å². The lowest BCUT2D eigenvalue weighted by atomic mass is 9.89. The van der Waals surface area contributed by atoms with E-state index < -0.39 is 5.97 Å². The number of likely N-dealkylation sites (tertiary alicyclic amines) is 1. The first-order valence-corrected chi connectivity index (χ1v) is 7.87. The summed E-state index contributed by atoms with van der Waals surface area (Å²) in [5.74, 6) is -0.195. The van der Waals surface area contributed by atoms with Crippen molar-refractivity contribution < 1.29 is 14.7 Å². The molecule has 1 amide bonds. The highest BCUT2D eigenvalue weighted by Crippen LogP contribution is 2.22. The molecule has 2 aliphatic rings. The van der Waals surface area contributed by atoms with E-state index in [4.69, 9.17) is 5.11 Å². The largest absolute Gasteiger partial charge is 0.481 e. The molecule has 2 fully saturated rings. The summed E-state index contributed by atoms with van der Waals surface area (Å²) in [6.45, 7) is 2.88. The molecule has 1 saturated carbocycles. The molecule has 2 rings (SSSR count). The van der Waals surface area contributed by atoms with Crippen LogP contribution in [0.5, 0.6) is 0 Å². The maximum absolute atomic E-state index is 11.8. The van der Waals surface area contributed by atoms with Crippen molar-refractivity contribution in [3.05, 3.63) is 0 Å². The van der Waals surface area contributed by atoms with Gasteiger partial charge in [0.2, 0.25) is 5.91 Å². The Morgan fingerprint density at radius 2 is 1.86 bits per heavy atom. The molecule has 1 atom stereocenters. The molecule has 6 heteroatoms. The average molecular weight is 319 g/mol. The summed E-state index contributed by atoms with van der Waals surface area (Å²) in [5, 5.41) is 12.0. The molecule has 0 aromatic carbocycles. The highest BCUT2D eigenvalue weighted by Gasteiger charge is 2.27. The van der Waals surface area contributed by atoms with Gasteiger partial charge in [0.15, 0.2) is 0 Å². The van der Waals surface area contributed by atoms with E-state index in [0.29, 0.717) is 31.8 Å². The van der Waals surface area contributed by atoms with Gasteiger partial charge in [-0.1, -0.05) is 19.3 Å². The zero-order chi connectivity index (χ0) is 14.4. The van der Waals surface area contributed by atoms with Crippen molar-refractivity contribution in [3.8, 4) is 0 Å². The number of carboxylic acid groups (broad SMARTS) is 1. The third kappa shape index (κ3) is 6.22. The smallest absolute Gasteiger partial charge is 0.307 e. The minimum Gasteiger partial charge on any atom is -0.481 e. The van der Waals surface area contributed by atoms with Crippen LogP contribution in [0.4, 0.5) is 0 Å². The van der Waals surface area contributed by atoms with Crippen LogP contribution in [-0.2, 0) is 9.59 Å². The number of amides is 1. The first kappa shape index (κ1) is 18.2. The second-order valence-corrected chi connectivity index (χ2v) is 6.18. The van der Waals surface area contributed by atoms with Gasteiger partial charge in [0.1, 0.15) is 0 Å². The number of rotatable bonds is 6. The third-order valence-corrected chi connectivity index (χ3v) is 4.59. The number of carboxylic acids is 1. The Balaban J connectivity index is 0.00000220. The zero-order valence-corrected chi connectivity index (χ0v) is 13.4. The van der Waals surface area contributed by atoms with Crippen LogP contribution in [0.1, 0.15) is 44.9 Å². The Bertz CT molecular complexity index is 346. The first-order valence-electron chi connectivity index (χ1n) is 7.87. The van der Waals surface area contributed by atoms with Crippen LogP contribution in [0.25, 0.3) is 0 Å². The monoisotopic (exact) mass is 318 g/mol. The van der Waals surface area contributed by atoms with Crippen LogP contribution in [-0.4, -0.2) is 48.1 Å². The van der Waals surface area contributed by atoms with E-state index in [2.05, 4.69) is 10.2 Å². The molecule has 1 heterocycles. The van der Waals surface area contributed by atoms with Gasteiger partial charge in [-0.2, -0.15) is 0 Å². The lowest BCUT2D eigenvalue weighted by molar-refractivity contribution is -0.141. The van der Waals surface area contributed by atoms with Gasteiger partial charge in [-0.15, -0.1) is 12.4 Å². The van der Waals surface area contributed by atoms with Gasteiger partial charge in [-0.25, -0.2) is 0 Å². The molecule has 1 saturated heterocycles. The maximum atomic E-state index is 11.8. The fraction of sp³-hybridized carbons (Fsp3) is 0.867. The van der Waals surface area contributed by atoms with Crippen molar-refractivity contribution in [2.75, 3.05) is 26.2 Å². The average Bonchev–Trinajstić information content (AvgIpc) is 2.93. The van der Waals surface area contributed by atoms with Crippen LogP contribution in [0.15, 0.2) is 0 Å². The topological polar surface area (TPSA) is 69.6 Å². The summed E-state index contributed by atoms with van der Waals surface area (Å²) in [6, 6.07) is 0. The molecule has 0 radical (unpaired) electrons. The minimum atomic E-state index is -0.714. The molecular formula is C15H27ClN2O3. The van der Waals surface area contributed by atoms with Crippen molar-refractivity contribution in [1.82, 2.24) is 10.2 Å². The lowest BCUT2D eigenvalue weighted by Gasteiger charge is -2.22. The van der Waals surface area contributed by atoms with E-state index in [0.717, 1.165) is 13.1 Å². The predicted octanol–water partition coefficient (Wildman–Crippen LogP) is 1.90. The first-order chi connectivity index (χ1) is 9.65. The standard InChI is InChI=1S/C15H26N2O3.ClH/c18-14(16-10-12-4-2-1-3-5-12)7-9-17-8-6-13(11-17)15(19)20;/h12-13H,1-11H2,(H,16,18)(H,19,20);1H. The second kappa shape index (κ2) is 9.26. The number of halogens is 1. The summed E-state index contributed by atoms with van der Waals surface area (Å²) in [4.78, 5) is 24.7. The molecule has 0 spiro atoms. The Hall–Kier alpha value is -0.810. The van der Waals surface area contributed by atoms with Crippen molar-refractivity contribution in [2.24, 2.45) is 11.8 Å². The van der Waals surface area contributed by atoms with E-state index >= 15 is 0 Å². The van der Waals surface area contributed by atoms with Crippen LogP contribution in [0, 0.1) is 11.8 Å². The number of hydrogen-bond acceptors (Lipinski definition) is 3. The molecule has 122 valence electrons. The Labute approximate surface area is 132 Å². The summed E-state index contributed by atoms with van der Waals surface area (Å²) in [5.41, 5.74) is 0. The molecule has 21 heavy (non-hydrogen) atoms. The number of nitrogens with zero attached hydrogens (tertiary/aromatic N) is 1. The summed E-state index contributed by atoms with van der Waals surface area (Å²) < 4.78 is 0. The SMILES string of the molecule is Cl.O=C(CCN1CCC(C(=O)O)C1)NCC1CCCCC1. The van der Waals surface area contributed by atoms with E-state index in [1.165, 1.54) is 32.1 Å². The summed E-state index contributed by atoms with van der Waals surface area (Å²) in [6.07, 6.45) is 7.61. The fourth-order valence-electron chi connectivity index (χ4n) is 3.23. The van der Waals surface area contributed by atoms with Gasteiger partial charge in [0, 0.05) is 26.1 Å². The minimum absolute atomic E-state index is 0. The molecule has 0 bridgehead atoms. The fourth-order valence-corrected chi connectivity index (χ4v) is 3.23. The normalized spacial score (nSPS) is 23.5. The van der Waals surface area contributed by atoms with E-state index in [9.17, 15) is 9.59 Å². The van der Waals surface area contributed by atoms with Crippen molar-refractivity contribution >= 4 is 24.3 Å². The van der Waals surface area contributed by atoms with Gasteiger partial charge in [-0.3, -0.25) is 9.59 Å². The van der Waals surface area contributed by atoms with Gasteiger partial charge in [0.05, 0.1) is 5.92 Å². The molecule has 0 aromatic rings.